The Labute approximate surface area is 163 Å². The number of nitrogens with one attached hydrogen (secondary N) is 3. The molecule has 0 fully saturated rings. The number of aryl methyl sites for hydroxylation is 1. The summed E-state index contributed by atoms with van der Waals surface area (Å²) < 4.78 is 0. The van der Waals surface area contributed by atoms with Gasteiger partial charge in [0.25, 0.3) is 5.91 Å². The van der Waals surface area contributed by atoms with E-state index in [0.29, 0.717) is 12.1 Å². The molecule has 28 heavy (non-hydrogen) atoms. The summed E-state index contributed by atoms with van der Waals surface area (Å²) >= 11 is 0. The van der Waals surface area contributed by atoms with Crippen molar-refractivity contribution in [2.45, 2.75) is 19.9 Å². The third-order valence-corrected chi connectivity index (χ3v) is 4.77. The lowest BCUT2D eigenvalue weighted by atomic mass is 10.1. The van der Waals surface area contributed by atoms with Crippen molar-refractivity contribution in [3.05, 3.63) is 89.6 Å². The molecule has 1 amide bonds. The third-order valence-electron chi connectivity index (χ3n) is 4.77. The van der Waals surface area contributed by atoms with Gasteiger partial charge in [-0.15, -0.1) is 0 Å². The minimum absolute atomic E-state index is 0.130. The van der Waals surface area contributed by atoms with Crippen molar-refractivity contribution in [1.29, 1.82) is 0 Å². The average Bonchev–Trinajstić information content (AvgIpc) is 3.20. The normalized spacial score (nSPS) is 10.8. The Balaban J connectivity index is 1.45. The van der Waals surface area contributed by atoms with Crippen LogP contribution in [0.4, 0.5) is 11.4 Å². The number of nitrogens with zero attached hydrogens (tertiary/aromatic N) is 1. The fraction of sp³-hybridized carbons (Fsp3) is 0.130. The van der Waals surface area contributed by atoms with E-state index in [-0.39, 0.29) is 5.91 Å². The predicted octanol–water partition coefficient (Wildman–Crippen LogP) is 4.99. The van der Waals surface area contributed by atoms with Gasteiger partial charge >= 0.3 is 0 Å². The number of fused-ring (bicyclic) bond motifs is 1. The summed E-state index contributed by atoms with van der Waals surface area (Å²) in [4.78, 5) is 12.7. The molecule has 0 radical (unpaired) electrons. The van der Waals surface area contributed by atoms with Gasteiger partial charge in [-0.3, -0.25) is 9.89 Å². The lowest BCUT2D eigenvalue weighted by molar-refractivity contribution is 0.102. The zero-order valence-corrected chi connectivity index (χ0v) is 15.7. The van der Waals surface area contributed by atoms with Gasteiger partial charge in [0.15, 0.2) is 0 Å². The van der Waals surface area contributed by atoms with E-state index in [1.807, 2.05) is 48.5 Å². The molecule has 0 bridgehead atoms. The monoisotopic (exact) mass is 370 g/mol. The van der Waals surface area contributed by atoms with E-state index < -0.39 is 0 Å². The quantitative estimate of drug-likeness (QED) is 0.448. The number of aromatic nitrogens is 2. The molecule has 4 rings (SSSR count). The van der Waals surface area contributed by atoms with Crippen LogP contribution in [-0.2, 0) is 13.0 Å². The van der Waals surface area contributed by atoms with Gasteiger partial charge in [0.1, 0.15) is 0 Å². The molecule has 0 unspecified atom stereocenters. The van der Waals surface area contributed by atoms with E-state index in [4.69, 9.17) is 0 Å². The van der Waals surface area contributed by atoms with Crippen LogP contribution in [0.3, 0.4) is 0 Å². The second-order valence-corrected chi connectivity index (χ2v) is 6.69. The Hall–Kier alpha value is -3.60. The number of carbonyl (C=O) groups is 1. The Bertz CT molecular complexity index is 1120. The van der Waals surface area contributed by atoms with Crippen molar-refractivity contribution in [3.63, 3.8) is 0 Å². The van der Waals surface area contributed by atoms with E-state index in [0.717, 1.165) is 34.3 Å². The Morgan fingerprint density at radius 1 is 1.04 bits per heavy atom. The lowest BCUT2D eigenvalue weighted by Gasteiger charge is -2.12. The molecule has 0 aliphatic carbocycles. The molecule has 5 nitrogen and oxygen atoms in total. The van der Waals surface area contributed by atoms with E-state index in [9.17, 15) is 4.79 Å². The molecule has 3 aromatic carbocycles. The standard InChI is InChI=1S/C23H22N4O/c1-2-17-7-3-4-9-21(17)24-14-16-6-5-8-18(12-16)23(28)26-20-11-10-19-15-25-27-22(19)13-20/h3-13,15,24H,2,14H2,1H3,(H,25,27)(H,26,28). The molecule has 0 atom stereocenters. The van der Waals surface area contributed by atoms with Crippen LogP contribution in [-0.4, -0.2) is 16.1 Å². The van der Waals surface area contributed by atoms with Gasteiger partial charge in [0.2, 0.25) is 0 Å². The van der Waals surface area contributed by atoms with Crippen LogP contribution >= 0.6 is 0 Å². The highest BCUT2D eigenvalue weighted by molar-refractivity contribution is 6.05. The number of anilines is 2. The minimum atomic E-state index is -0.130. The molecule has 1 aromatic heterocycles. The largest absolute Gasteiger partial charge is 0.381 e. The fourth-order valence-corrected chi connectivity index (χ4v) is 3.24. The summed E-state index contributed by atoms with van der Waals surface area (Å²) in [6.45, 7) is 2.81. The second-order valence-electron chi connectivity index (χ2n) is 6.69. The lowest BCUT2D eigenvalue weighted by Crippen LogP contribution is -2.12. The van der Waals surface area contributed by atoms with Crippen LogP contribution in [0.5, 0.6) is 0 Å². The first-order chi connectivity index (χ1) is 13.7. The Kier molecular flexibility index (Phi) is 5.06. The van der Waals surface area contributed by atoms with Gasteiger partial charge in [-0.2, -0.15) is 5.10 Å². The van der Waals surface area contributed by atoms with Crippen molar-refractivity contribution >= 4 is 28.2 Å². The molecular formula is C23H22N4O. The highest BCUT2D eigenvalue weighted by atomic mass is 16.1. The molecule has 140 valence electrons. The van der Waals surface area contributed by atoms with Gasteiger partial charge in [-0.25, -0.2) is 0 Å². The minimum Gasteiger partial charge on any atom is -0.381 e. The van der Waals surface area contributed by atoms with Crippen LogP contribution < -0.4 is 10.6 Å². The first kappa shape index (κ1) is 17.8. The molecule has 0 spiro atoms. The zero-order valence-electron chi connectivity index (χ0n) is 15.7. The van der Waals surface area contributed by atoms with Crippen LogP contribution in [0.25, 0.3) is 10.9 Å². The number of hydrogen-bond donors (Lipinski definition) is 3. The average molecular weight is 370 g/mol. The second kappa shape index (κ2) is 7.96. The van der Waals surface area contributed by atoms with Gasteiger partial charge < -0.3 is 10.6 Å². The maximum atomic E-state index is 12.7. The van der Waals surface area contributed by atoms with Crippen LogP contribution in [0.2, 0.25) is 0 Å². The molecule has 0 aliphatic heterocycles. The maximum Gasteiger partial charge on any atom is 0.255 e. The van der Waals surface area contributed by atoms with E-state index in [1.165, 1.54) is 5.56 Å². The first-order valence-electron chi connectivity index (χ1n) is 9.38. The molecule has 0 saturated heterocycles. The molecule has 5 heteroatoms. The number of para-hydroxylation sites is 1. The topological polar surface area (TPSA) is 69.8 Å². The van der Waals surface area contributed by atoms with Crippen LogP contribution in [0, 0.1) is 0 Å². The highest BCUT2D eigenvalue weighted by Gasteiger charge is 2.08. The smallest absolute Gasteiger partial charge is 0.255 e. The summed E-state index contributed by atoms with van der Waals surface area (Å²) in [5.74, 6) is -0.130. The summed E-state index contributed by atoms with van der Waals surface area (Å²) in [7, 11) is 0. The Morgan fingerprint density at radius 2 is 1.93 bits per heavy atom. The molecule has 3 N–H and O–H groups in total. The van der Waals surface area contributed by atoms with E-state index >= 15 is 0 Å². The van der Waals surface area contributed by atoms with Crippen molar-refractivity contribution in [3.8, 4) is 0 Å². The van der Waals surface area contributed by atoms with E-state index in [1.54, 1.807) is 6.20 Å². The predicted molar refractivity (Wildman–Crippen MR) is 114 cm³/mol. The zero-order chi connectivity index (χ0) is 19.3. The molecule has 1 heterocycles. The summed E-state index contributed by atoms with van der Waals surface area (Å²) in [6.07, 6.45) is 2.74. The molecule has 0 aliphatic rings. The summed E-state index contributed by atoms with van der Waals surface area (Å²) in [5.41, 5.74) is 5.74. The van der Waals surface area contributed by atoms with E-state index in [2.05, 4.69) is 46.0 Å². The maximum absolute atomic E-state index is 12.7. The number of hydrogen-bond acceptors (Lipinski definition) is 3. The summed E-state index contributed by atoms with van der Waals surface area (Å²) in [5, 5.41) is 14.4. The Morgan fingerprint density at radius 3 is 2.82 bits per heavy atom. The molecule has 4 aromatic rings. The van der Waals surface area contributed by atoms with Gasteiger partial charge in [0.05, 0.1) is 11.7 Å². The van der Waals surface area contributed by atoms with Crippen molar-refractivity contribution in [2.75, 3.05) is 10.6 Å². The number of aromatic amines is 1. The van der Waals surface area contributed by atoms with Crippen molar-refractivity contribution in [1.82, 2.24) is 10.2 Å². The van der Waals surface area contributed by atoms with Gasteiger partial charge in [0, 0.05) is 28.9 Å². The molecule has 0 saturated carbocycles. The number of carbonyl (C=O) groups excluding carboxylic acids is 1. The number of amides is 1. The van der Waals surface area contributed by atoms with Crippen LogP contribution in [0.1, 0.15) is 28.4 Å². The SMILES string of the molecule is CCc1ccccc1NCc1cccc(C(=O)Nc2ccc3cn[nH]c3c2)c1. The number of H-pyrrole nitrogens is 1. The number of rotatable bonds is 6. The van der Waals surface area contributed by atoms with Crippen molar-refractivity contribution in [2.24, 2.45) is 0 Å². The highest BCUT2D eigenvalue weighted by Crippen LogP contribution is 2.19. The van der Waals surface area contributed by atoms with Gasteiger partial charge in [-0.1, -0.05) is 37.3 Å². The summed E-state index contributed by atoms with van der Waals surface area (Å²) in [6, 6.07) is 21.7. The number of benzene rings is 3. The molecular weight excluding hydrogens is 348 g/mol. The third kappa shape index (κ3) is 3.88. The van der Waals surface area contributed by atoms with Gasteiger partial charge in [-0.05, 0) is 53.9 Å². The fourth-order valence-electron chi connectivity index (χ4n) is 3.24. The first-order valence-corrected chi connectivity index (χ1v) is 9.38. The van der Waals surface area contributed by atoms with Crippen molar-refractivity contribution < 1.29 is 4.79 Å². The van der Waals surface area contributed by atoms with Crippen LogP contribution in [0.15, 0.2) is 72.9 Å².